The highest BCUT2D eigenvalue weighted by molar-refractivity contribution is 6.17. The summed E-state index contributed by atoms with van der Waals surface area (Å²) < 4.78 is 0. The molecule has 2 aromatic rings. The van der Waals surface area contributed by atoms with Gasteiger partial charge in [-0.2, -0.15) is 0 Å². The number of carbonyl (C=O) groups is 1. The molecule has 1 amide bonds. The molecule has 0 atom stereocenters. The summed E-state index contributed by atoms with van der Waals surface area (Å²) >= 11 is 0. The van der Waals surface area contributed by atoms with Crippen LogP contribution < -0.4 is 5.32 Å². The molecule has 0 heterocycles. The first-order chi connectivity index (χ1) is 12.0. The summed E-state index contributed by atoms with van der Waals surface area (Å²) in [6.07, 6.45) is 2.25. The average Bonchev–Trinajstić information content (AvgIpc) is 2.61. The van der Waals surface area contributed by atoms with E-state index in [4.69, 9.17) is 0 Å². The second kappa shape index (κ2) is 8.83. The van der Waals surface area contributed by atoms with Gasteiger partial charge in [0.05, 0.1) is 11.3 Å². The Hall–Kier alpha value is -2.88. The first kappa shape index (κ1) is 18.5. The maximum absolute atomic E-state index is 12.5. The lowest BCUT2D eigenvalue weighted by molar-refractivity contribution is -0.116. The molecule has 2 N–H and O–H groups in total. The van der Waals surface area contributed by atoms with E-state index in [1.165, 1.54) is 6.21 Å². The van der Waals surface area contributed by atoms with Crippen LogP contribution >= 0.6 is 0 Å². The second-order valence-electron chi connectivity index (χ2n) is 5.93. The monoisotopic (exact) mass is 336 g/mol. The minimum atomic E-state index is -0.335. The molecule has 2 rings (SSSR count). The van der Waals surface area contributed by atoms with Gasteiger partial charge in [0.2, 0.25) is 0 Å². The van der Waals surface area contributed by atoms with Crippen molar-refractivity contribution in [1.29, 1.82) is 0 Å². The predicted molar refractivity (Wildman–Crippen MR) is 103 cm³/mol. The van der Waals surface area contributed by atoms with Crippen LogP contribution in [-0.2, 0) is 4.79 Å². The molecule has 2 aromatic carbocycles. The van der Waals surface area contributed by atoms with Gasteiger partial charge in [-0.3, -0.25) is 9.79 Å². The van der Waals surface area contributed by atoms with Crippen molar-refractivity contribution in [1.82, 2.24) is 5.32 Å². The van der Waals surface area contributed by atoms with Crippen molar-refractivity contribution in [2.75, 3.05) is 6.54 Å². The first-order valence-electron chi connectivity index (χ1n) is 8.41. The fourth-order valence-electron chi connectivity index (χ4n) is 2.31. The minimum absolute atomic E-state index is 0.0671. The largest absolute Gasteiger partial charge is 0.506 e. The molecule has 0 aliphatic carbocycles. The van der Waals surface area contributed by atoms with Crippen LogP contribution in [0.25, 0.3) is 5.76 Å². The fourth-order valence-corrected chi connectivity index (χ4v) is 2.31. The number of hydrogen-bond acceptors (Lipinski definition) is 3. The van der Waals surface area contributed by atoms with E-state index in [1.54, 1.807) is 6.07 Å². The highest BCUT2D eigenvalue weighted by Gasteiger charge is 2.15. The smallest absolute Gasteiger partial charge is 0.256 e. The zero-order valence-corrected chi connectivity index (χ0v) is 14.9. The van der Waals surface area contributed by atoms with Gasteiger partial charge in [-0.25, -0.2) is 0 Å². The molecule has 0 aromatic heterocycles. The first-order valence-corrected chi connectivity index (χ1v) is 8.41. The summed E-state index contributed by atoms with van der Waals surface area (Å²) in [7, 11) is 0. The molecule has 0 spiro atoms. The molecule has 0 unspecified atom stereocenters. The van der Waals surface area contributed by atoms with E-state index in [-0.39, 0.29) is 17.2 Å². The Morgan fingerprint density at radius 1 is 1.12 bits per heavy atom. The number of aliphatic hydroxyl groups is 1. The minimum Gasteiger partial charge on any atom is -0.506 e. The van der Waals surface area contributed by atoms with Crippen molar-refractivity contribution in [2.45, 2.75) is 27.2 Å². The topological polar surface area (TPSA) is 61.7 Å². The van der Waals surface area contributed by atoms with Gasteiger partial charge in [-0.15, -0.1) is 0 Å². The van der Waals surface area contributed by atoms with Gasteiger partial charge < -0.3 is 10.4 Å². The number of aryl methyl sites for hydroxylation is 2. The maximum atomic E-state index is 12.5. The van der Waals surface area contributed by atoms with Crippen LogP contribution in [0.2, 0.25) is 0 Å². The van der Waals surface area contributed by atoms with Gasteiger partial charge in [-0.1, -0.05) is 48.9 Å². The number of nitrogens with one attached hydrogen (secondary N) is 1. The Balaban J connectivity index is 2.42. The molecule has 4 heteroatoms. The number of hydrogen-bond donors (Lipinski definition) is 2. The standard InChI is InChI=1S/C21H24N2O2/c1-4-13-22-21(25)19(14-23-17-11-9-15(2)10-12-17)20(24)18-8-6-5-7-16(18)3/h5-12,14,24H,4,13H2,1-3H3,(H,22,25). The molecular weight excluding hydrogens is 312 g/mol. The van der Waals surface area contributed by atoms with Crippen molar-refractivity contribution < 1.29 is 9.90 Å². The number of carbonyl (C=O) groups excluding carboxylic acids is 1. The van der Waals surface area contributed by atoms with E-state index in [0.29, 0.717) is 12.1 Å². The number of aliphatic imine (C=N–C) groups is 1. The van der Waals surface area contributed by atoms with Crippen molar-refractivity contribution in [3.63, 3.8) is 0 Å². The third-order valence-corrected chi connectivity index (χ3v) is 3.81. The summed E-state index contributed by atoms with van der Waals surface area (Å²) in [5.41, 5.74) is 3.54. The molecule has 4 nitrogen and oxygen atoms in total. The number of rotatable bonds is 6. The van der Waals surface area contributed by atoms with Crippen molar-refractivity contribution >= 4 is 23.6 Å². The third-order valence-electron chi connectivity index (χ3n) is 3.81. The van der Waals surface area contributed by atoms with E-state index in [0.717, 1.165) is 23.2 Å². The Labute approximate surface area is 148 Å². The maximum Gasteiger partial charge on any atom is 0.256 e. The van der Waals surface area contributed by atoms with E-state index in [1.807, 2.05) is 63.2 Å². The van der Waals surface area contributed by atoms with Gasteiger partial charge in [0.1, 0.15) is 5.76 Å². The van der Waals surface area contributed by atoms with E-state index in [2.05, 4.69) is 10.3 Å². The Morgan fingerprint density at radius 2 is 1.80 bits per heavy atom. The fraction of sp³-hybridized carbons (Fsp3) is 0.238. The van der Waals surface area contributed by atoms with Crippen LogP contribution in [0.15, 0.2) is 59.1 Å². The highest BCUT2D eigenvalue weighted by Crippen LogP contribution is 2.20. The average molecular weight is 336 g/mol. The lowest BCUT2D eigenvalue weighted by Gasteiger charge is -2.10. The van der Waals surface area contributed by atoms with E-state index >= 15 is 0 Å². The lowest BCUT2D eigenvalue weighted by atomic mass is 10.0. The highest BCUT2D eigenvalue weighted by atomic mass is 16.3. The lowest BCUT2D eigenvalue weighted by Crippen LogP contribution is -2.27. The number of aliphatic hydroxyl groups excluding tert-OH is 1. The van der Waals surface area contributed by atoms with Crippen molar-refractivity contribution in [3.8, 4) is 0 Å². The van der Waals surface area contributed by atoms with Crippen LogP contribution in [0.4, 0.5) is 5.69 Å². The molecule has 0 fully saturated rings. The molecule has 130 valence electrons. The molecule has 0 saturated heterocycles. The molecule has 0 aliphatic rings. The molecule has 0 radical (unpaired) electrons. The van der Waals surface area contributed by atoms with Gasteiger partial charge in [0, 0.05) is 18.3 Å². The second-order valence-corrected chi connectivity index (χ2v) is 5.93. The zero-order chi connectivity index (χ0) is 18.2. The van der Waals surface area contributed by atoms with Crippen LogP contribution in [0.5, 0.6) is 0 Å². The van der Waals surface area contributed by atoms with Gasteiger partial charge in [0.15, 0.2) is 0 Å². The van der Waals surface area contributed by atoms with Crippen LogP contribution in [0.1, 0.15) is 30.0 Å². The summed E-state index contributed by atoms with van der Waals surface area (Å²) in [5, 5.41) is 13.5. The normalized spacial score (nSPS) is 12.1. The SMILES string of the molecule is CCCNC(=O)C(C=Nc1ccc(C)cc1)=C(O)c1ccccc1C. The van der Waals surface area contributed by atoms with Crippen LogP contribution in [0.3, 0.4) is 0 Å². The van der Waals surface area contributed by atoms with Crippen LogP contribution in [0, 0.1) is 13.8 Å². The molecule has 25 heavy (non-hydrogen) atoms. The summed E-state index contributed by atoms with van der Waals surface area (Å²) in [4.78, 5) is 16.8. The van der Waals surface area contributed by atoms with Gasteiger partial charge in [-0.05, 0) is 38.0 Å². The van der Waals surface area contributed by atoms with Crippen LogP contribution in [-0.4, -0.2) is 23.8 Å². The molecule has 0 bridgehead atoms. The Morgan fingerprint density at radius 3 is 2.44 bits per heavy atom. The quantitative estimate of drug-likeness (QED) is 0.463. The van der Waals surface area contributed by atoms with Crippen molar-refractivity contribution in [2.24, 2.45) is 4.99 Å². The summed E-state index contributed by atoms with van der Waals surface area (Å²) in [5.74, 6) is -0.402. The summed E-state index contributed by atoms with van der Waals surface area (Å²) in [6.45, 7) is 6.41. The molecule has 0 aliphatic heterocycles. The molecular formula is C21H24N2O2. The van der Waals surface area contributed by atoms with Crippen molar-refractivity contribution in [3.05, 3.63) is 70.8 Å². The zero-order valence-electron chi connectivity index (χ0n) is 14.9. The van der Waals surface area contributed by atoms with Gasteiger partial charge >= 0.3 is 0 Å². The van der Waals surface area contributed by atoms with E-state index in [9.17, 15) is 9.90 Å². The van der Waals surface area contributed by atoms with Gasteiger partial charge in [0.25, 0.3) is 5.91 Å². The summed E-state index contributed by atoms with van der Waals surface area (Å²) in [6, 6.07) is 15.1. The Bertz CT molecular complexity index is 790. The Kier molecular flexibility index (Phi) is 6.52. The number of benzene rings is 2. The number of nitrogens with zero attached hydrogens (tertiary/aromatic N) is 1. The predicted octanol–water partition coefficient (Wildman–Crippen LogP) is 4.50. The van der Waals surface area contributed by atoms with E-state index < -0.39 is 0 Å². The molecule has 0 saturated carbocycles. The number of amides is 1. The third kappa shape index (κ3) is 5.05.